The molecule has 94 valence electrons. The van der Waals surface area contributed by atoms with Crippen molar-refractivity contribution < 1.29 is 14.7 Å². The van der Waals surface area contributed by atoms with Gasteiger partial charge in [-0.2, -0.15) is 11.8 Å². The van der Waals surface area contributed by atoms with Gasteiger partial charge in [0.2, 0.25) is 0 Å². The van der Waals surface area contributed by atoms with Crippen molar-refractivity contribution in [2.24, 2.45) is 0 Å². The molecule has 2 N–H and O–H groups in total. The summed E-state index contributed by atoms with van der Waals surface area (Å²) in [6.45, 7) is 0. The number of hydrogen-bond acceptors (Lipinski definition) is 4. The van der Waals surface area contributed by atoms with E-state index in [0.29, 0.717) is 17.7 Å². The normalized spacial score (nSPS) is 12.1. The minimum atomic E-state index is -0.998. The standard InChI is InChI=1S/C10H12BrNO3S2/c1-16-3-2-7(10(14)15)12-9(13)6-4-8(11)17-5-6/h4-5,7H,2-3H2,1H3,(H,12,13)(H,14,15)/t7-/m0/s1. The lowest BCUT2D eigenvalue weighted by Crippen LogP contribution is -2.41. The summed E-state index contributed by atoms with van der Waals surface area (Å²) in [5.41, 5.74) is 0.484. The van der Waals surface area contributed by atoms with Crippen LogP contribution in [0.3, 0.4) is 0 Å². The summed E-state index contributed by atoms with van der Waals surface area (Å²) in [6, 6.07) is 0.849. The highest BCUT2D eigenvalue weighted by Crippen LogP contribution is 2.20. The second-order valence-electron chi connectivity index (χ2n) is 3.29. The number of carboxylic acid groups (broad SMARTS) is 1. The van der Waals surface area contributed by atoms with Crippen molar-refractivity contribution in [2.75, 3.05) is 12.0 Å². The Morgan fingerprint density at radius 1 is 1.65 bits per heavy atom. The Balaban J connectivity index is 2.60. The molecule has 0 aromatic carbocycles. The molecule has 1 heterocycles. The minimum absolute atomic E-state index is 0.347. The van der Waals surface area contributed by atoms with Crippen molar-refractivity contribution in [3.05, 3.63) is 20.8 Å². The maximum atomic E-state index is 11.7. The number of rotatable bonds is 6. The molecule has 1 aromatic heterocycles. The Labute approximate surface area is 116 Å². The minimum Gasteiger partial charge on any atom is -0.480 e. The molecule has 0 aliphatic carbocycles. The number of thioether (sulfide) groups is 1. The highest BCUT2D eigenvalue weighted by atomic mass is 79.9. The molecule has 1 atom stereocenters. The number of halogens is 1. The summed E-state index contributed by atoms with van der Waals surface area (Å²) >= 11 is 6.20. The predicted molar refractivity (Wildman–Crippen MR) is 73.9 cm³/mol. The van der Waals surface area contributed by atoms with Crippen LogP contribution < -0.4 is 5.32 Å². The maximum Gasteiger partial charge on any atom is 0.326 e. The van der Waals surface area contributed by atoms with E-state index < -0.39 is 12.0 Å². The first-order valence-electron chi connectivity index (χ1n) is 4.81. The van der Waals surface area contributed by atoms with Crippen LogP contribution in [0.15, 0.2) is 15.2 Å². The molecule has 0 saturated heterocycles. The van der Waals surface area contributed by atoms with Crippen LogP contribution >= 0.6 is 39.0 Å². The first kappa shape index (κ1) is 14.5. The van der Waals surface area contributed by atoms with E-state index in [1.807, 2.05) is 6.26 Å². The highest BCUT2D eigenvalue weighted by Gasteiger charge is 2.20. The van der Waals surface area contributed by atoms with Gasteiger partial charge in [0, 0.05) is 5.38 Å². The largest absolute Gasteiger partial charge is 0.480 e. The van der Waals surface area contributed by atoms with Gasteiger partial charge < -0.3 is 10.4 Å². The molecule has 7 heteroatoms. The van der Waals surface area contributed by atoms with Gasteiger partial charge in [-0.3, -0.25) is 4.79 Å². The van der Waals surface area contributed by atoms with E-state index in [1.54, 1.807) is 23.2 Å². The predicted octanol–water partition coefficient (Wildman–Crippen LogP) is 2.45. The summed E-state index contributed by atoms with van der Waals surface area (Å²) < 4.78 is 0.846. The summed E-state index contributed by atoms with van der Waals surface area (Å²) in [5, 5.41) is 13.2. The number of carbonyl (C=O) groups is 2. The molecular formula is C10H12BrNO3S2. The van der Waals surface area contributed by atoms with Gasteiger partial charge in [0.15, 0.2) is 0 Å². The number of amides is 1. The van der Waals surface area contributed by atoms with E-state index in [0.717, 1.165) is 3.79 Å². The Morgan fingerprint density at radius 2 is 2.35 bits per heavy atom. The van der Waals surface area contributed by atoms with E-state index in [9.17, 15) is 9.59 Å². The number of thiophene rings is 1. The van der Waals surface area contributed by atoms with E-state index in [4.69, 9.17) is 5.11 Å². The first-order valence-corrected chi connectivity index (χ1v) is 7.88. The van der Waals surface area contributed by atoms with E-state index in [2.05, 4.69) is 21.2 Å². The summed E-state index contributed by atoms with van der Waals surface area (Å²) in [6.07, 6.45) is 2.32. The lowest BCUT2D eigenvalue weighted by molar-refractivity contribution is -0.139. The first-order chi connectivity index (χ1) is 8.04. The molecule has 0 saturated carbocycles. The van der Waals surface area contributed by atoms with Gasteiger partial charge in [-0.25, -0.2) is 4.79 Å². The molecule has 0 bridgehead atoms. The molecule has 0 radical (unpaired) electrons. The van der Waals surface area contributed by atoms with E-state index >= 15 is 0 Å². The third-order valence-electron chi connectivity index (χ3n) is 2.04. The molecule has 0 aliphatic heterocycles. The molecule has 17 heavy (non-hydrogen) atoms. The van der Waals surface area contributed by atoms with Crippen LogP contribution in [0.5, 0.6) is 0 Å². The second-order valence-corrected chi connectivity index (χ2v) is 6.56. The SMILES string of the molecule is CSCC[C@H](NC(=O)c1csc(Br)c1)C(=O)O. The van der Waals surface area contributed by atoms with Gasteiger partial charge >= 0.3 is 5.97 Å². The van der Waals surface area contributed by atoms with Crippen LogP contribution in [-0.2, 0) is 4.79 Å². The Bertz CT molecular complexity index is 408. The van der Waals surface area contributed by atoms with Gasteiger partial charge in [-0.05, 0) is 40.4 Å². The summed E-state index contributed by atoms with van der Waals surface area (Å²) in [4.78, 5) is 22.7. The van der Waals surface area contributed by atoms with E-state index in [1.165, 1.54) is 11.3 Å². The van der Waals surface area contributed by atoms with Crippen LogP contribution in [0.2, 0.25) is 0 Å². The topological polar surface area (TPSA) is 66.4 Å². The van der Waals surface area contributed by atoms with Crippen molar-refractivity contribution in [3.63, 3.8) is 0 Å². The Morgan fingerprint density at radius 3 is 2.82 bits per heavy atom. The van der Waals surface area contributed by atoms with E-state index in [-0.39, 0.29) is 5.91 Å². The van der Waals surface area contributed by atoms with Gasteiger partial charge in [0.1, 0.15) is 6.04 Å². The average Bonchev–Trinajstić information content (AvgIpc) is 2.70. The molecule has 0 aliphatic rings. The van der Waals surface area contributed by atoms with Crippen molar-refractivity contribution in [3.8, 4) is 0 Å². The molecule has 4 nitrogen and oxygen atoms in total. The smallest absolute Gasteiger partial charge is 0.326 e. The van der Waals surface area contributed by atoms with Gasteiger partial charge in [0.25, 0.3) is 5.91 Å². The number of hydrogen-bond donors (Lipinski definition) is 2. The van der Waals surface area contributed by atoms with Crippen LogP contribution in [0.1, 0.15) is 16.8 Å². The fourth-order valence-corrected chi connectivity index (χ4v) is 2.77. The molecule has 0 fully saturated rings. The number of nitrogens with one attached hydrogen (secondary N) is 1. The van der Waals surface area contributed by atoms with Crippen molar-refractivity contribution in [2.45, 2.75) is 12.5 Å². The lowest BCUT2D eigenvalue weighted by Gasteiger charge is -2.13. The van der Waals surface area contributed by atoms with Crippen LogP contribution in [-0.4, -0.2) is 35.0 Å². The zero-order valence-corrected chi connectivity index (χ0v) is 12.3. The molecule has 1 aromatic rings. The Kier molecular flexibility index (Phi) is 6.01. The average molecular weight is 338 g/mol. The van der Waals surface area contributed by atoms with Crippen molar-refractivity contribution in [1.29, 1.82) is 0 Å². The van der Waals surface area contributed by atoms with Crippen LogP contribution in [0.25, 0.3) is 0 Å². The zero-order chi connectivity index (χ0) is 12.8. The van der Waals surface area contributed by atoms with Gasteiger partial charge in [-0.15, -0.1) is 11.3 Å². The molecule has 1 rings (SSSR count). The quantitative estimate of drug-likeness (QED) is 0.836. The number of aliphatic carboxylic acids is 1. The third-order valence-corrected chi connectivity index (χ3v) is 4.19. The Hall–Kier alpha value is -0.530. The fraction of sp³-hybridized carbons (Fsp3) is 0.400. The number of carbonyl (C=O) groups excluding carboxylic acids is 1. The van der Waals surface area contributed by atoms with Gasteiger partial charge in [0.05, 0.1) is 9.35 Å². The lowest BCUT2D eigenvalue weighted by atomic mass is 10.2. The monoisotopic (exact) mass is 337 g/mol. The van der Waals surface area contributed by atoms with Crippen molar-refractivity contribution >= 4 is 50.9 Å². The molecule has 1 amide bonds. The highest BCUT2D eigenvalue weighted by molar-refractivity contribution is 9.11. The zero-order valence-electron chi connectivity index (χ0n) is 9.10. The summed E-state index contributed by atoms with van der Waals surface area (Å²) in [5.74, 6) is -0.646. The molecule has 0 spiro atoms. The van der Waals surface area contributed by atoms with Gasteiger partial charge in [-0.1, -0.05) is 0 Å². The molecular weight excluding hydrogens is 326 g/mol. The van der Waals surface area contributed by atoms with Crippen LogP contribution in [0, 0.1) is 0 Å². The third kappa shape index (κ3) is 4.69. The maximum absolute atomic E-state index is 11.7. The van der Waals surface area contributed by atoms with Crippen molar-refractivity contribution in [1.82, 2.24) is 5.32 Å². The fourth-order valence-electron chi connectivity index (χ4n) is 1.16. The molecule has 0 unspecified atom stereocenters. The second kappa shape index (κ2) is 7.03. The summed E-state index contributed by atoms with van der Waals surface area (Å²) in [7, 11) is 0. The number of carboxylic acids is 1. The van der Waals surface area contributed by atoms with Crippen LogP contribution in [0.4, 0.5) is 0 Å².